The van der Waals surface area contributed by atoms with Crippen LogP contribution < -0.4 is 5.32 Å². The molecular weight excluding hydrogens is 198 g/mol. The van der Waals surface area contributed by atoms with E-state index < -0.39 is 9.84 Å². The summed E-state index contributed by atoms with van der Waals surface area (Å²) in [6.45, 7) is 5.31. The van der Waals surface area contributed by atoms with Gasteiger partial charge in [-0.25, -0.2) is 8.42 Å². The first-order valence-corrected chi connectivity index (χ1v) is 7.29. The van der Waals surface area contributed by atoms with E-state index in [1.807, 2.05) is 0 Å². The van der Waals surface area contributed by atoms with Crippen molar-refractivity contribution >= 4 is 9.84 Å². The lowest BCUT2D eigenvalue weighted by molar-refractivity contribution is 0.426. The van der Waals surface area contributed by atoms with Gasteiger partial charge in [-0.3, -0.25) is 0 Å². The van der Waals surface area contributed by atoms with Crippen molar-refractivity contribution in [1.82, 2.24) is 5.32 Å². The third kappa shape index (κ3) is 3.96. The normalized spacial score (nSPS) is 27.7. The molecule has 3 nitrogen and oxygen atoms in total. The fourth-order valence-corrected chi connectivity index (χ4v) is 3.91. The van der Waals surface area contributed by atoms with E-state index in [-0.39, 0.29) is 0 Å². The fourth-order valence-electron chi connectivity index (χ4n) is 2.03. The quantitative estimate of drug-likeness (QED) is 0.756. The molecular formula is C10H21NO2S. The van der Waals surface area contributed by atoms with Crippen LogP contribution in [0.4, 0.5) is 0 Å². The summed E-state index contributed by atoms with van der Waals surface area (Å²) in [5.74, 6) is 1.20. The molecule has 0 bridgehead atoms. The summed E-state index contributed by atoms with van der Waals surface area (Å²) < 4.78 is 22.4. The Morgan fingerprint density at radius 3 is 2.71 bits per heavy atom. The second kappa shape index (κ2) is 5.12. The van der Waals surface area contributed by atoms with Crippen molar-refractivity contribution in [3.05, 3.63) is 0 Å². The second-order valence-corrected chi connectivity index (χ2v) is 6.59. The molecule has 1 aliphatic rings. The highest BCUT2D eigenvalue weighted by molar-refractivity contribution is 7.91. The van der Waals surface area contributed by atoms with Crippen LogP contribution in [0.3, 0.4) is 0 Å². The SMILES string of the molecule is CCCNC(C)CC1CCS(=O)(=O)C1. The Hall–Kier alpha value is -0.0900. The highest BCUT2D eigenvalue weighted by Gasteiger charge is 2.28. The van der Waals surface area contributed by atoms with E-state index in [0.29, 0.717) is 23.5 Å². The van der Waals surface area contributed by atoms with Gasteiger partial charge in [0.2, 0.25) is 0 Å². The lowest BCUT2D eigenvalue weighted by Gasteiger charge is -2.16. The number of hydrogen-bond acceptors (Lipinski definition) is 3. The molecule has 1 rings (SSSR count). The maximum absolute atomic E-state index is 11.2. The van der Waals surface area contributed by atoms with Crippen LogP contribution in [0.1, 0.15) is 33.1 Å². The first-order valence-electron chi connectivity index (χ1n) is 5.47. The average Bonchev–Trinajstić information content (AvgIpc) is 2.42. The van der Waals surface area contributed by atoms with E-state index >= 15 is 0 Å². The summed E-state index contributed by atoms with van der Waals surface area (Å²) in [7, 11) is -2.69. The Bertz CT molecular complexity index is 261. The first-order chi connectivity index (χ1) is 6.53. The zero-order valence-electron chi connectivity index (χ0n) is 9.12. The molecule has 1 aliphatic heterocycles. The Balaban J connectivity index is 2.25. The van der Waals surface area contributed by atoms with Gasteiger partial charge in [-0.2, -0.15) is 0 Å². The summed E-state index contributed by atoms with van der Waals surface area (Å²) in [6.07, 6.45) is 2.99. The van der Waals surface area contributed by atoms with Gasteiger partial charge in [0, 0.05) is 6.04 Å². The van der Waals surface area contributed by atoms with Crippen LogP contribution in [0.25, 0.3) is 0 Å². The number of rotatable bonds is 5. The monoisotopic (exact) mass is 219 g/mol. The first kappa shape index (κ1) is 12.0. The Labute approximate surface area is 87.2 Å². The molecule has 1 saturated heterocycles. The third-order valence-corrected chi connectivity index (χ3v) is 4.59. The molecule has 0 aliphatic carbocycles. The van der Waals surface area contributed by atoms with Gasteiger partial charge < -0.3 is 5.32 Å². The molecule has 14 heavy (non-hydrogen) atoms. The maximum atomic E-state index is 11.2. The van der Waals surface area contributed by atoms with Crippen molar-refractivity contribution in [1.29, 1.82) is 0 Å². The summed E-state index contributed by atoms with van der Waals surface area (Å²) in [4.78, 5) is 0. The minimum atomic E-state index is -2.69. The average molecular weight is 219 g/mol. The summed E-state index contributed by atoms with van der Waals surface area (Å²) in [5.41, 5.74) is 0. The topological polar surface area (TPSA) is 46.2 Å². The van der Waals surface area contributed by atoms with Crippen molar-refractivity contribution in [2.75, 3.05) is 18.1 Å². The van der Waals surface area contributed by atoms with Gasteiger partial charge in [0.1, 0.15) is 0 Å². The van der Waals surface area contributed by atoms with Crippen LogP contribution in [0.15, 0.2) is 0 Å². The van der Waals surface area contributed by atoms with Gasteiger partial charge in [0.15, 0.2) is 9.84 Å². The van der Waals surface area contributed by atoms with E-state index in [9.17, 15) is 8.42 Å². The van der Waals surface area contributed by atoms with Gasteiger partial charge in [0.25, 0.3) is 0 Å². The zero-order valence-corrected chi connectivity index (χ0v) is 9.94. The molecule has 0 saturated carbocycles. The highest BCUT2D eigenvalue weighted by Crippen LogP contribution is 2.22. The molecule has 0 aromatic heterocycles. The van der Waals surface area contributed by atoms with Crippen molar-refractivity contribution in [3.8, 4) is 0 Å². The Kier molecular flexibility index (Phi) is 4.38. The van der Waals surface area contributed by atoms with E-state index in [0.717, 1.165) is 25.8 Å². The minimum absolute atomic E-state index is 0.388. The summed E-state index contributed by atoms with van der Waals surface area (Å²) in [5, 5.41) is 3.39. The molecule has 84 valence electrons. The van der Waals surface area contributed by atoms with Crippen LogP contribution in [-0.2, 0) is 9.84 Å². The van der Waals surface area contributed by atoms with Gasteiger partial charge in [0.05, 0.1) is 11.5 Å². The molecule has 0 spiro atoms. The van der Waals surface area contributed by atoms with E-state index in [4.69, 9.17) is 0 Å². The Morgan fingerprint density at radius 1 is 1.50 bits per heavy atom. The predicted octanol–water partition coefficient (Wildman–Crippen LogP) is 1.20. The molecule has 1 N–H and O–H groups in total. The third-order valence-electron chi connectivity index (χ3n) is 2.76. The molecule has 0 aromatic carbocycles. The minimum Gasteiger partial charge on any atom is -0.314 e. The van der Waals surface area contributed by atoms with Crippen LogP contribution in [0.5, 0.6) is 0 Å². The largest absolute Gasteiger partial charge is 0.314 e. The van der Waals surface area contributed by atoms with Crippen LogP contribution in [0, 0.1) is 5.92 Å². The molecule has 0 radical (unpaired) electrons. The molecule has 0 aromatic rings. The number of sulfone groups is 1. The smallest absolute Gasteiger partial charge is 0.150 e. The van der Waals surface area contributed by atoms with Crippen molar-refractivity contribution in [3.63, 3.8) is 0 Å². The molecule has 1 fully saturated rings. The molecule has 4 heteroatoms. The lowest BCUT2D eigenvalue weighted by atomic mass is 10.0. The van der Waals surface area contributed by atoms with Gasteiger partial charge in [-0.05, 0) is 38.6 Å². The predicted molar refractivity (Wildman–Crippen MR) is 59.1 cm³/mol. The molecule has 2 unspecified atom stereocenters. The molecule has 0 amide bonds. The van der Waals surface area contributed by atoms with Gasteiger partial charge in [-0.15, -0.1) is 0 Å². The summed E-state index contributed by atoms with van der Waals surface area (Å²) >= 11 is 0. The van der Waals surface area contributed by atoms with Crippen LogP contribution >= 0.6 is 0 Å². The molecule has 1 heterocycles. The Morgan fingerprint density at radius 2 is 2.21 bits per heavy atom. The number of nitrogens with one attached hydrogen (secondary N) is 1. The van der Waals surface area contributed by atoms with Crippen molar-refractivity contribution in [2.45, 2.75) is 39.2 Å². The maximum Gasteiger partial charge on any atom is 0.150 e. The van der Waals surface area contributed by atoms with Gasteiger partial charge in [-0.1, -0.05) is 6.92 Å². The van der Waals surface area contributed by atoms with E-state index in [1.54, 1.807) is 0 Å². The van der Waals surface area contributed by atoms with Crippen LogP contribution in [-0.4, -0.2) is 32.5 Å². The fraction of sp³-hybridized carbons (Fsp3) is 1.00. The number of hydrogen-bond donors (Lipinski definition) is 1. The standard InChI is InChI=1S/C10H21NO2S/c1-3-5-11-9(2)7-10-4-6-14(12,13)8-10/h9-11H,3-8H2,1-2H3. The van der Waals surface area contributed by atoms with Crippen molar-refractivity contribution < 1.29 is 8.42 Å². The zero-order chi connectivity index (χ0) is 10.6. The van der Waals surface area contributed by atoms with E-state index in [2.05, 4.69) is 19.2 Å². The molecule has 2 atom stereocenters. The summed E-state index contributed by atoms with van der Waals surface area (Å²) in [6, 6.07) is 0.452. The van der Waals surface area contributed by atoms with Crippen molar-refractivity contribution in [2.24, 2.45) is 5.92 Å². The van der Waals surface area contributed by atoms with E-state index in [1.165, 1.54) is 0 Å². The lowest BCUT2D eigenvalue weighted by Crippen LogP contribution is -2.29. The van der Waals surface area contributed by atoms with Gasteiger partial charge >= 0.3 is 0 Å². The highest BCUT2D eigenvalue weighted by atomic mass is 32.2. The second-order valence-electron chi connectivity index (χ2n) is 4.36. The van der Waals surface area contributed by atoms with Crippen LogP contribution in [0.2, 0.25) is 0 Å².